The molecule has 1 heterocycles. The highest BCUT2D eigenvalue weighted by Crippen LogP contribution is 2.25. The number of sulfonamides is 1. The zero-order valence-electron chi connectivity index (χ0n) is 16.2. The van der Waals surface area contributed by atoms with Crippen molar-refractivity contribution in [3.63, 3.8) is 0 Å². The van der Waals surface area contributed by atoms with Gasteiger partial charge in [0.15, 0.2) is 0 Å². The number of carbonyl (C=O) groups excluding carboxylic acids is 1. The highest BCUT2D eigenvalue weighted by molar-refractivity contribution is 7.89. The van der Waals surface area contributed by atoms with E-state index >= 15 is 0 Å². The third-order valence-corrected chi connectivity index (χ3v) is 6.46. The van der Waals surface area contributed by atoms with Crippen molar-refractivity contribution in [3.8, 4) is 0 Å². The van der Waals surface area contributed by atoms with Gasteiger partial charge in [-0.05, 0) is 23.1 Å². The van der Waals surface area contributed by atoms with Gasteiger partial charge < -0.3 is 5.32 Å². The Labute approximate surface area is 163 Å². The summed E-state index contributed by atoms with van der Waals surface area (Å²) >= 11 is 0. The first-order chi connectivity index (χ1) is 12.8. The topological polar surface area (TPSA) is 69.7 Å². The molecule has 1 aliphatic heterocycles. The molecule has 1 fully saturated rings. The third-order valence-electron chi connectivity index (χ3n) is 4.54. The summed E-state index contributed by atoms with van der Waals surface area (Å²) in [5, 5.41) is 1.82. The van der Waals surface area contributed by atoms with Crippen molar-refractivity contribution in [2.75, 3.05) is 39.3 Å². The maximum atomic E-state index is 12.8. The van der Waals surface area contributed by atoms with Gasteiger partial charge in [0.25, 0.3) is 0 Å². The molecule has 1 N–H and O–H groups in total. The second kappa shape index (κ2) is 8.38. The van der Waals surface area contributed by atoms with Crippen molar-refractivity contribution in [2.24, 2.45) is 0 Å². The van der Waals surface area contributed by atoms with Gasteiger partial charge in [0.2, 0.25) is 15.9 Å². The van der Waals surface area contributed by atoms with Crippen LogP contribution in [0.1, 0.15) is 26.3 Å². The Balaban J connectivity index is 1.92. The second-order valence-corrected chi connectivity index (χ2v) is 9.78. The molecular weight excluding hydrogens is 395 g/mol. The van der Waals surface area contributed by atoms with Crippen LogP contribution in [-0.2, 0) is 20.2 Å². The van der Waals surface area contributed by atoms with Gasteiger partial charge in [0, 0.05) is 26.2 Å². The zero-order chi connectivity index (χ0) is 21.2. The summed E-state index contributed by atoms with van der Waals surface area (Å²) < 4.78 is 63.3. The number of amides is 1. The van der Waals surface area contributed by atoms with Crippen LogP contribution in [0.25, 0.3) is 0 Å². The van der Waals surface area contributed by atoms with Crippen molar-refractivity contribution >= 4 is 15.9 Å². The van der Waals surface area contributed by atoms with Gasteiger partial charge in [0.1, 0.15) is 6.54 Å². The monoisotopic (exact) mass is 421 g/mol. The van der Waals surface area contributed by atoms with E-state index in [1.165, 1.54) is 4.31 Å². The van der Waals surface area contributed by atoms with Crippen LogP contribution in [0.2, 0.25) is 0 Å². The van der Waals surface area contributed by atoms with E-state index in [1.54, 1.807) is 29.2 Å². The van der Waals surface area contributed by atoms with Crippen molar-refractivity contribution in [3.05, 3.63) is 29.8 Å². The summed E-state index contributed by atoms with van der Waals surface area (Å²) in [5.74, 6) is -0.730. The fraction of sp³-hybridized carbons (Fsp3) is 0.611. The minimum atomic E-state index is -4.45. The lowest BCUT2D eigenvalue weighted by Crippen LogP contribution is -2.51. The molecule has 6 nitrogen and oxygen atoms in total. The summed E-state index contributed by atoms with van der Waals surface area (Å²) in [6, 6.07) is 6.78. The first kappa shape index (κ1) is 22.6. The van der Waals surface area contributed by atoms with Gasteiger partial charge in [-0.3, -0.25) is 9.69 Å². The summed E-state index contributed by atoms with van der Waals surface area (Å²) in [5.41, 5.74) is 0.946. The standard InChI is InChI=1S/C18H26F3N3O3S/c1-17(2,3)14-4-6-15(7-5-14)28(26,27)24-10-8-23(9-11-24)12-16(25)22-13-18(19,20)21/h4-7H,8-13H2,1-3H3,(H,22,25). The number of hydrogen-bond acceptors (Lipinski definition) is 4. The molecule has 28 heavy (non-hydrogen) atoms. The molecule has 0 saturated carbocycles. The first-order valence-electron chi connectivity index (χ1n) is 8.95. The predicted molar refractivity (Wildman–Crippen MR) is 99.4 cm³/mol. The normalized spacial score (nSPS) is 17.5. The Bertz CT molecular complexity index is 779. The molecule has 0 spiro atoms. The van der Waals surface area contributed by atoms with Crippen molar-refractivity contribution < 1.29 is 26.4 Å². The Morgan fingerprint density at radius 2 is 1.57 bits per heavy atom. The SMILES string of the molecule is CC(C)(C)c1ccc(S(=O)(=O)N2CCN(CC(=O)NCC(F)(F)F)CC2)cc1. The molecule has 0 bridgehead atoms. The zero-order valence-corrected chi connectivity index (χ0v) is 17.0. The lowest BCUT2D eigenvalue weighted by atomic mass is 9.87. The smallest absolute Gasteiger partial charge is 0.346 e. The molecule has 0 aromatic heterocycles. The average molecular weight is 421 g/mol. The summed E-state index contributed by atoms with van der Waals surface area (Å²) in [7, 11) is -3.65. The van der Waals surface area contributed by atoms with E-state index in [0.717, 1.165) is 5.56 Å². The molecule has 158 valence electrons. The van der Waals surface area contributed by atoms with E-state index in [0.29, 0.717) is 0 Å². The number of alkyl halides is 3. The van der Waals surface area contributed by atoms with E-state index in [-0.39, 0.29) is 43.0 Å². The van der Waals surface area contributed by atoms with Gasteiger partial charge in [-0.2, -0.15) is 17.5 Å². The summed E-state index contributed by atoms with van der Waals surface area (Å²) in [4.78, 5) is 13.4. The molecule has 0 unspecified atom stereocenters. The largest absolute Gasteiger partial charge is 0.405 e. The van der Waals surface area contributed by atoms with Crippen LogP contribution < -0.4 is 5.32 Å². The van der Waals surface area contributed by atoms with E-state index in [9.17, 15) is 26.4 Å². The van der Waals surface area contributed by atoms with Crippen molar-refractivity contribution in [1.29, 1.82) is 0 Å². The number of hydrogen-bond donors (Lipinski definition) is 1. The number of piperazine rings is 1. The first-order valence-corrected chi connectivity index (χ1v) is 10.4. The Kier molecular flexibility index (Phi) is 6.78. The fourth-order valence-electron chi connectivity index (χ4n) is 2.86. The van der Waals surface area contributed by atoms with Gasteiger partial charge in [-0.25, -0.2) is 8.42 Å². The Morgan fingerprint density at radius 1 is 1.04 bits per heavy atom. The Hall–Kier alpha value is -1.65. The van der Waals surface area contributed by atoms with Crippen LogP contribution in [-0.4, -0.2) is 69.0 Å². The van der Waals surface area contributed by atoms with Gasteiger partial charge in [0.05, 0.1) is 11.4 Å². The maximum Gasteiger partial charge on any atom is 0.405 e. The van der Waals surface area contributed by atoms with Crippen LogP contribution in [0.4, 0.5) is 13.2 Å². The van der Waals surface area contributed by atoms with E-state index < -0.39 is 28.7 Å². The van der Waals surface area contributed by atoms with E-state index in [4.69, 9.17) is 0 Å². The molecule has 2 rings (SSSR count). The molecule has 1 aromatic rings. The number of nitrogens with zero attached hydrogens (tertiary/aromatic N) is 2. The minimum Gasteiger partial charge on any atom is -0.346 e. The number of benzene rings is 1. The van der Waals surface area contributed by atoms with Crippen LogP contribution in [0.3, 0.4) is 0 Å². The van der Waals surface area contributed by atoms with Gasteiger partial charge in [-0.1, -0.05) is 32.9 Å². The Morgan fingerprint density at radius 3 is 2.04 bits per heavy atom. The summed E-state index contributed by atoms with van der Waals surface area (Å²) in [6.07, 6.45) is -4.45. The average Bonchev–Trinajstić information content (AvgIpc) is 2.59. The molecule has 0 aliphatic carbocycles. The van der Waals surface area contributed by atoms with E-state index in [1.807, 2.05) is 26.1 Å². The molecule has 1 aromatic carbocycles. The molecule has 1 amide bonds. The molecule has 0 radical (unpaired) electrons. The predicted octanol–water partition coefficient (Wildman–Crippen LogP) is 1.97. The number of halogens is 3. The van der Waals surface area contributed by atoms with Crippen LogP contribution in [0.15, 0.2) is 29.2 Å². The molecule has 1 aliphatic rings. The highest BCUT2D eigenvalue weighted by atomic mass is 32.2. The van der Waals surface area contributed by atoms with Gasteiger partial charge >= 0.3 is 6.18 Å². The summed E-state index contributed by atoms with van der Waals surface area (Å²) in [6.45, 7) is 5.47. The van der Waals surface area contributed by atoms with Crippen LogP contribution >= 0.6 is 0 Å². The van der Waals surface area contributed by atoms with E-state index in [2.05, 4.69) is 0 Å². The fourth-order valence-corrected chi connectivity index (χ4v) is 4.28. The molecule has 1 saturated heterocycles. The number of nitrogens with one attached hydrogen (secondary N) is 1. The molecule has 10 heteroatoms. The second-order valence-electron chi connectivity index (χ2n) is 7.85. The molecular formula is C18H26F3N3O3S. The van der Waals surface area contributed by atoms with Gasteiger partial charge in [-0.15, -0.1) is 0 Å². The van der Waals surface area contributed by atoms with Crippen LogP contribution in [0.5, 0.6) is 0 Å². The van der Waals surface area contributed by atoms with Crippen molar-refractivity contribution in [1.82, 2.24) is 14.5 Å². The minimum absolute atomic E-state index is 0.0827. The lowest BCUT2D eigenvalue weighted by Gasteiger charge is -2.33. The third kappa shape index (κ3) is 6.18. The lowest BCUT2D eigenvalue weighted by molar-refractivity contribution is -0.139. The molecule has 0 atom stereocenters. The maximum absolute atomic E-state index is 12.8. The number of rotatable bonds is 5. The number of carbonyl (C=O) groups is 1. The van der Waals surface area contributed by atoms with Crippen LogP contribution in [0, 0.1) is 0 Å². The highest BCUT2D eigenvalue weighted by Gasteiger charge is 2.31. The quantitative estimate of drug-likeness (QED) is 0.789. The van der Waals surface area contributed by atoms with Crippen molar-refractivity contribution in [2.45, 2.75) is 37.3 Å².